The molecule has 2 heteroatoms. The zero-order valence-electron chi connectivity index (χ0n) is 15.6. The molecule has 138 valence electrons. The topological polar surface area (TPSA) is 0 Å². The number of hydrogen-bond acceptors (Lipinski definition) is 0. The Bertz CT molecular complexity index is 722. The maximum atomic E-state index is 13.4. The molecule has 2 aromatic carbocycles. The van der Waals surface area contributed by atoms with Gasteiger partial charge in [-0.25, -0.2) is 8.78 Å². The Hall–Kier alpha value is -1.96. The van der Waals surface area contributed by atoms with E-state index in [1.54, 1.807) is 6.07 Å². The maximum Gasteiger partial charge on any atom is 0.159 e. The first-order chi connectivity index (χ1) is 12.7. The summed E-state index contributed by atoms with van der Waals surface area (Å²) in [6, 6.07) is 12.3. The Balaban J connectivity index is 1.50. The van der Waals surface area contributed by atoms with Gasteiger partial charge in [0.1, 0.15) is 0 Å². The van der Waals surface area contributed by atoms with Crippen LogP contribution in [0, 0.1) is 23.5 Å². The molecule has 26 heavy (non-hydrogen) atoms. The van der Waals surface area contributed by atoms with Gasteiger partial charge < -0.3 is 0 Å². The van der Waals surface area contributed by atoms with Crippen molar-refractivity contribution < 1.29 is 8.78 Å². The second kappa shape index (κ2) is 9.12. The molecule has 1 aliphatic carbocycles. The van der Waals surface area contributed by atoms with Gasteiger partial charge in [0.05, 0.1) is 0 Å². The predicted octanol–water partition coefficient (Wildman–Crippen LogP) is 7.34. The van der Waals surface area contributed by atoms with Crippen LogP contribution in [0.3, 0.4) is 0 Å². The van der Waals surface area contributed by atoms with Gasteiger partial charge in [-0.05, 0) is 85.6 Å². The molecule has 3 rings (SSSR count). The Kier molecular flexibility index (Phi) is 6.60. The molecule has 0 bridgehead atoms. The molecule has 1 saturated carbocycles. The summed E-state index contributed by atoms with van der Waals surface area (Å²) in [5.74, 6) is 0.0370. The van der Waals surface area contributed by atoms with Gasteiger partial charge in [-0.3, -0.25) is 0 Å². The molecule has 0 saturated heterocycles. The minimum atomic E-state index is -0.801. The maximum absolute atomic E-state index is 13.4. The Morgan fingerprint density at radius 2 is 1.58 bits per heavy atom. The van der Waals surface area contributed by atoms with E-state index in [2.05, 4.69) is 31.2 Å². The zero-order valence-corrected chi connectivity index (χ0v) is 15.6. The molecule has 0 atom stereocenters. The van der Waals surface area contributed by atoms with Crippen LogP contribution in [0.5, 0.6) is 0 Å². The van der Waals surface area contributed by atoms with Gasteiger partial charge >= 0.3 is 0 Å². The first-order valence-corrected chi connectivity index (χ1v) is 9.86. The molecule has 1 aliphatic rings. The molecule has 1 fully saturated rings. The second-order valence-corrected chi connectivity index (χ2v) is 7.48. The lowest BCUT2D eigenvalue weighted by atomic mass is 9.79. The number of rotatable bonds is 6. The lowest BCUT2D eigenvalue weighted by Gasteiger charge is -2.26. The first kappa shape index (κ1) is 18.8. The summed E-state index contributed by atoms with van der Waals surface area (Å²) >= 11 is 0. The highest BCUT2D eigenvalue weighted by Crippen LogP contribution is 2.32. The van der Waals surface area contributed by atoms with E-state index < -0.39 is 11.6 Å². The molecule has 0 heterocycles. The third-order valence-electron chi connectivity index (χ3n) is 5.58. The van der Waals surface area contributed by atoms with Gasteiger partial charge in [-0.2, -0.15) is 0 Å². The van der Waals surface area contributed by atoms with Crippen LogP contribution in [0.2, 0.25) is 0 Å². The highest BCUT2D eigenvalue weighted by atomic mass is 19.2. The van der Waals surface area contributed by atoms with Crippen molar-refractivity contribution in [2.24, 2.45) is 11.8 Å². The van der Waals surface area contributed by atoms with Gasteiger partial charge in [0.2, 0.25) is 0 Å². The number of hydrogen-bond donors (Lipinski definition) is 0. The molecule has 0 spiro atoms. The van der Waals surface area contributed by atoms with Gasteiger partial charge in [0.25, 0.3) is 0 Å². The van der Waals surface area contributed by atoms with Crippen molar-refractivity contribution in [1.82, 2.24) is 0 Å². The molecular formula is C24H28F2. The third kappa shape index (κ3) is 5.03. The largest absolute Gasteiger partial charge is 0.204 e. The summed E-state index contributed by atoms with van der Waals surface area (Å²) in [6.45, 7) is 2.19. The van der Waals surface area contributed by atoms with Crippen molar-refractivity contribution in [2.45, 2.75) is 51.9 Å². The summed E-state index contributed by atoms with van der Waals surface area (Å²) in [5, 5.41) is 0. The van der Waals surface area contributed by atoms with Gasteiger partial charge in [0, 0.05) is 0 Å². The fourth-order valence-electron chi connectivity index (χ4n) is 3.91. The molecule has 0 aliphatic heterocycles. The molecule has 0 amide bonds. The van der Waals surface area contributed by atoms with E-state index in [9.17, 15) is 8.78 Å². The number of allylic oxidation sites excluding steroid dienone is 2. The van der Waals surface area contributed by atoms with Crippen LogP contribution >= 0.6 is 0 Å². The zero-order chi connectivity index (χ0) is 18.4. The molecule has 0 radical (unpaired) electrons. The van der Waals surface area contributed by atoms with Crippen LogP contribution in [0.25, 0.3) is 11.1 Å². The minimum absolute atomic E-state index is 0.717. The third-order valence-corrected chi connectivity index (χ3v) is 5.58. The lowest BCUT2D eigenvalue weighted by Crippen LogP contribution is -2.13. The van der Waals surface area contributed by atoms with Crippen LogP contribution in [0.4, 0.5) is 8.78 Å². The molecular weight excluding hydrogens is 326 g/mol. The predicted molar refractivity (Wildman–Crippen MR) is 105 cm³/mol. The Labute approximate surface area is 156 Å². The van der Waals surface area contributed by atoms with E-state index in [1.807, 2.05) is 12.1 Å². The van der Waals surface area contributed by atoms with Crippen molar-refractivity contribution in [3.63, 3.8) is 0 Å². The minimum Gasteiger partial charge on any atom is -0.204 e. The van der Waals surface area contributed by atoms with Gasteiger partial charge in [0.15, 0.2) is 11.6 Å². The fraction of sp³-hybridized carbons (Fsp3) is 0.417. The van der Waals surface area contributed by atoms with Gasteiger partial charge in [-0.1, -0.05) is 49.4 Å². The monoisotopic (exact) mass is 354 g/mol. The Morgan fingerprint density at radius 3 is 2.23 bits per heavy atom. The van der Waals surface area contributed by atoms with E-state index in [4.69, 9.17) is 0 Å². The van der Waals surface area contributed by atoms with E-state index in [0.29, 0.717) is 5.56 Å². The fourth-order valence-corrected chi connectivity index (χ4v) is 3.91. The van der Waals surface area contributed by atoms with Crippen molar-refractivity contribution in [3.8, 4) is 11.1 Å². The van der Waals surface area contributed by atoms with E-state index in [0.717, 1.165) is 30.2 Å². The SMILES string of the molecule is CC/C=C/[C@H]1CC[C@H](CCc2ccc(-c3ccc(F)c(F)c3)cc2)CC1. The molecule has 0 nitrogen and oxygen atoms in total. The standard InChI is InChI=1S/C24H28F2/c1-2-3-4-18-5-7-19(8-6-18)9-10-20-11-13-21(14-12-20)22-15-16-23(25)24(26)17-22/h3-4,11-19H,2,5-10H2,1H3/b4-3+/t18-,19-. The normalized spacial score (nSPS) is 20.6. The average molecular weight is 354 g/mol. The second-order valence-electron chi connectivity index (χ2n) is 7.48. The summed E-state index contributed by atoms with van der Waals surface area (Å²) in [5.41, 5.74) is 2.97. The van der Waals surface area contributed by atoms with Crippen LogP contribution in [0.1, 0.15) is 51.0 Å². The number of halogens is 2. The van der Waals surface area contributed by atoms with Crippen LogP contribution in [-0.2, 0) is 6.42 Å². The van der Waals surface area contributed by atoms with Crippen LogP contribution < -0.4 is 0 Å². The quantitative estimate of drug-likeness (QED) is 0.476. The van der Waals surface area contributed by atoms with Crippen LogP contribution in [0.15, 0.2) is 54.6 Å². The Morgan fingerprint density at radius 1 is 0.885 bits per heavy atom. The number of aryl methyl sites for hydroxylation is 1. The number of benzene rings is 2. The highest BCUT2D eigenvalue weighted by molar-refractivity contribution is 5.63. The summed E-state index contributed by atoms with van der Waals surface area (Å²) in [4.78, 5) is 0. The average Bonchev–Trinajstić information content (AvgIpc) is 2.68. The molecule has 0 N–H and O–H groups in total. The first-order valence-electron chi connectivity index (χ1n) is 9.86. The van der Waals surface area contributed by atoms with E-state index in [1.165, 1.54) is 49.8 Å². The summed E-state index contributed by atoms with van der Waals surface area (Å²) in [6.07, 6.45) is 13.5. The highest BCUT2D eigenvalue weighted by Gasteiger charge is 2.19. The van der Waals surface area contributed by atoms with E-state index >= 15 is 0 Å². The molecule has 0 aromatic heterocycles. The van der Waals surface area contributed by atoms with Crippen molar-refractivity contribution in [1.29, 1.82) is 0 Å². The van der Waals surface area contributed by atoms with Crippen molar-refractivity contribution in [2.75, 3.05) is 0 Å². The van der Waals surface area contributed by atoms with Gasteiger partial charge in [-0.15, -0.1) is 0 Å². The van der Waals surface area contributed by atoms with Crippen LogP contribution in [-0.4, -0.2) is 0 Å². The summed E-state index contributed by atoms with van der Waals surface area (Å²) < 4.78 is 26.5. The van der Waals surface area contributed by atoms with E-state index in [-0.39, 0.29) is 0 Å². The van der Waals surface area contributed by atoms with Crippen molar-refractivity contribution >= 4 is 0 Å². The van der Waals surface area contributed by atoms with Crippen molar-refractivity contribution in [3.05, 3.63) is 71.8 Å². The summed E-state index contributed by atoms with van der Waals surface area (Å²) in [7, 11) is 0. The molecule has 2 aromatic rings. The molecule has 0 unspecified atom stereocenters. The smallest absolute Gasteiger partial charge is 0.159 e. The lowest BCUT2D eigenvalue weighted by molar-refractivity contribution is 0.296.